The summed E-state index contributed by atoms with van der Waals surface area (Å²) < 4.78 is 68.1. The molecule has 0 amide bonds. The summed E-state index contributed by atoms with van der Waals surface area (Å²) >= 11 is 0. The standard InChI is InChI=1S/C19H21F3N2O2S/c1-2-3-16-17-11-4-5-12(8-11)18(17)27(25,26)24(16)14-7-6-13(10-23)15(9-14)19(20,21)22/h6-7,9,11-12,16-18H,2-5,8H2,1H3/t11-,12+,16-,17-,18-/m1/s1. The van der Waals surface area contributed by atoms with Gasteiger partial charge in [0, 0.05) is 12.0 Å². The molecule has 8 heteroatoms. The molecule has 2 saturated carbocycles. The Kier molecular flexibility index (Phi) is 4.22. The third-order valence-corrected chi connectivity index (χ3v) is 8.95. The largest absolute Gasteiger partial charge is 0.417 e. The van der Waals surface area contributed by atoms with Crippen molar-refractivity contribution in [3.05, 3.63) is 29.3 Å². The molecule has 3 aliphatic rings. The minimum absolute atomic E-state index is 0.00122. The molecular formula is C19H21F3N2O2S. The van der Waals surface area contributed by atoms with E-state index in [0.717, 1.165) is 37.8 Å². The molecule has 146 valence electrons. The predicted octanol–water partition coefficient (Wildman–Crippen LogP) is 4.31. The zero-order valence-electron chi connectivity index (χ0n) is 14.9. The first-order valence-corrected chi connectivity index (χ1v) is 10.8. The molecule has 0 N–H and O–H groups in total. The smallest absolute Gasteiger partial charge is 0.267 e. The molecule has 2 bridgehead atoms. The Morgan fingerprint density at radius 3 is 2.59 bits per heavy atom. The average molecular weight is 398 g/mol. The number of rotatable bonds is 3. The van der Waals surface area contributed by atoms with Crippen molar-refractivity contribution in [1.29, 1.82) is 5.26 Å². The minimum Gasteiger partial charge on any atom is -0.267 e. The fraction of sp³-hybridized carbons (Fsp3) is 0.632. The van der Waals surface area contributed by atoms with Gasteiger partial charge in [0.2, 0.25) is 10.0 Å². The van der Waals surface area contributed by atoms with E-state index in [2.05, 4.69) is 0 Å². The molecule has 1 aromatic rings. The van der Waals surface area contributed by atoms with Crippen LogP contribution < -0.4 is 4.31 Å². The maximum atomic E-state index is 13.4. The van der Waals surface area contributed by atoms with Gasteiger partial charge in [-0.1, -0.05) is 13.3 Å². The summed E-state index contributed by atoms with van der Waals surface area (Å²) in [6.45, 7) is 1.96. The molecule has 0 spiro atoms. The number of alkyl halides is 3. The van der Waals surface area contributed by atoms with Gasteiger partial charge >= 0.3 is 6.18 Å². The first-order valence-electron chi connectivity index (χ1n) is 9.34. The number of benzene rings is 1. The Labute approximate surface area is 157 Å². The molecule has 2 aliphatic carbocycles. The molecule has 0 aromatic heterocycles. The summed E-state index contributed by atoms with van der Waals surface area (Å²) in [6.07, 6.45) is -0.496. The predicted molar refractivity (Wildman–Crippen MR) is 94.4 cm³/mol. The van der Waals surface area contributed by atoms with Gasteiger partial charge in [-0.15, -0.1) is 0 Å². The van der Waals surface area contributed by atoms with Gasteiger partial charge in [0.25, 0.3) is 0 Å². The molecule has 1 heterocycles. The monoisotopic (exact) mass is 398 g/mol. The third kappa shape index (κ3) is 2.65. The van der Waals surface area contributed by atoms with E-state index >= 15 is 0 Å². The van der Waals surface area contributed by atoms with Crippen molar-refractivity contribution in [1.82, 2.24) is 0 Å². The number of sulfonamides is 1. The molecule has 5 atom stereocenters. The Morgan fingerprint density at radius 2 is 1.96 bits per heavy atom. The molecule has 1 aromatic carbocycles. The first-order chi connectivity index (χ1) is 12.7. The van der Waals surface area contributed by atoms with E-state index < -0.39 is 32.6 Å². The van der Waals surface area contributed by atoms with Gasteiger partial charge in [-0.05, 0) is 55.7 Å². The van der Waals surface area contributed by atoms with Crippen LogP contribution in [0.1, 0.15) is 50.2 Å². The number of nitriles is 1. The van der Waals surface area contributed by atoms with Crippen LogP contribution in [0, 0.1) is 29.1 Å². The lowest BCUT2D eigenvalue weighted by molar-refractivity contribution is -0.137. The van der Waals surface area contributed by atoms with Gasteiger partial charge < -0.3 is 0 Å². The molecular weight excluding hydrogens is 377 g/mol. The van der Waals surface area contributed by atoms with Crippen molar-refractivity contribution in [3.8, 4) is 6.07 Å². The molecule has 1 aliphatic heterocycles. The molecule has 0 radical (unpaired) electrons. The van der Waals surface area contributed by atoms with Crippen LogP contribution >= 0.6 is 0 Å². The zero-order valence-corrected chi connectivity index (χ0v) is 15.7. The van der Waals surface area contributed by atoms with Crippen LogP contribution in [0.5, 0.6) is 0 Å². The molecule has 0 unspecified atom stereocenters. The lowest BCUT2D eigenvalue weighted by Gasteiger charge is -2.30. The van der Waals surface area contributed by atoms with Crippen LogP contribution in [0.2, 0.25) is 0 Å². The Morgan fingerprint density at radius 1 is 1.26 bits per heavy atom. The molecule has 4 nitrogen and oxygen atoms in total. The molecule has 3 fully saturated rings. The van der Waals surface area contributed by atoms with Crippen molar-refractivity contribution in [3.63, 3.8) is 0 Å². The van der Waals surface area contributed by atoms with E-state index in [-0.39, 0.29) is 23.6 Å². The van der Waals surface area contributed by atoms with Crippen molar-refractivity contribution < 1.29 is 21.6 Å². The quantitative estimate of drug-likeness (QED) is 0.762. The number of hydrogen-bond donors (Lipinski definition) is 0. The van der Waals surface area contributed by atoms with Crippen molar-refractivity contribution in [2.45, 2.75) is 56.5 Å². The van der Waals surface area contributed by atoms with Gasteiger partial charge in [-0.3, -0.25) is 4.31 Å². The molecule has 27 heavy (non-hydrogen) atoms. The number of fused-ring (bicyclic) bond motifs is 5. The number of nitrogens with zero attached hydrogens (tertiary/aromatic N) is 2. The summed E-state index contributed by atoms with van der Waals surface area (Å²) in [4.78, 5) is 0. The van der Waals surface area contributed by atoms with E-state index in [1.54, 1.807) is 6.07 Å². The van der Waals surface area contributed by atoms with Crippen LogP contribution in [0.15, 0.2) is 18.2 Å². The maximum absolute atomic E-state index is 13.4. The number of anilines is 1. The SMILES string of the molecule is CCC[C@@H]1[C@H]2[C@@H]3CC[C@@H](C3)[C@H]2S(=O)(=O)N1c1ccc(C#N)c(C(F)(F)F)c1. The van der Waals surface area contributed by atoms with Crippen LogP contribution in [-0.4, -0.2) is 19.7 Å². The van der Waals surface area contributed by atoms with Crippen molar-refractivity contribution >= 4 is 15.7 Å². The summed E-state index contributed by atoms with van der Waals surface area (Å²) in [5.74, 6) is 0.463. The minimum atomic E-state index is -4.71. The Balaban J connectivity index is 1.84. The summed E-state index contributed by atoms with van der Waals surface area (Å²) in [7, 11) is -3.72. The normalized spacial score (nSPS) is 33.9. The Bertz CT molecular complexity index is 907. The fourth-order valence-corrected chi connectivity index (χ4v) is 8.51. The molecule has 1 saturated heterocycles. The van der Waals surface area contributed by atoms with Gasteiger partial charge in [-0.2, -0.15) is 18.4 Å². The van der Waals surface area contributed by atoms with E-state index in [9.17, 15) is 21.6 Å². The average Bonchev–Trinajstić information content (AvgIpc) is 3.26. The van der Waals surface area contributed by atoms with Gasteiger partial charge in [0.15, 0.2) is 0 Å². The highest BCUT2D eigenvalue weighted by Gasteiger charge is 2.63. The summed E-state index contributed by atoms with van der Waals surface area (Å²) in [5, 5.41) is 8.53. The number of halogens is 3. The van der Waals surface area contributed by atoms with E-state index in [4.69, 9.17) is 5.26 Å². The fourth-order valence-electron chi connectivity index (χ4n) is 5.68. The van der Waals surface area contributed by atoms with Crippen LogP contribution in [0.25, 0.3) is 0 Å². The highest BCUT2D eigenvalue weighted by atomic mass is 32.2. The van der Waals surface area contributed by atoms with Gasteiger partial charge in [0.05, 0.1) is 28.1 Å². The van der Waals surface area contributed by atoms with Crippen molar-refractivity contribution in [2.24, 2.45) is 17.8 Å². The summed E-state index contributed by atoms with van der Waals surface area (Å²) in [5.41, 5.74) is -1.53. The van der Waals surface area contributed by atoms with E-state index in [1.807, 2.05) is 6.92 Å². The second-order valence-electron chi connectivity index (χ2n) is 7.91. The van der Waals surface area contributed by atoms with Crippen LogP contribution in [0.4, 0.5) is 18.9 Å². The highest BCUT2D eigenvalue weighted by molar-refractivity contribution is 7.93. The lowest BCUT2D eigenvalue weighted by Crippen LogP contribution is -2.37. The van der Waals surface area contributed by atoms with Gasteiger partial charge in [0.1, 0.15) is 0 Å². The molecule has 4 rings (SSSR count). The van der Waals surface area contributed by atoms with Gasteiger partial charge in [-0.25, -0.2) is 8.42 Å². The first kappa shape index (κ1) is 18.6. The Hall–Kier alpha value is -1.75. The zero-order chi connectivity index (χ0) is 19.6. The second-order valence-corrected chi connectivity index (χ2v) is 9.88. The second kappa shape index (κ2) is 6.13. The van der Waals surface area contributed by atoms with Crippen LogP contribution in [-0.2, 0) is 16.2 Å². The van der Waals surface area contributed by atoms with Crippen molar-refractivity contribution in [2.75, 3.05) is 4.31 Å². The highest BCUT2D eigenvalue weighted by Crippen LogP contribution is 2.59. The topological polar surface area (TPSA) is 61.2 Å². The summed E-state index contributed by atoms with van der Waals surface area (Å²) in [6, 6.07) is 4.52. The number of hydrogen-bond acceptors (Lipinski definition) is 3. The van der Waals surface area contributed by atoms with E-state index in [0.29, 0.717) is 12.3 Å². The third-order valence-electron chi connectivity index (χ3n) is 6.53. The van der Waals surface area contributed by atoms with Crippen LogP contribution in [0.3, 0.4) is 0 Å². The lowest BCUT2D eigenvalue weighted by atomic mass is 9.81. The van der Waals surface area contributed by atoms with E-state index in [1.165, 1.54) is 10.4 Å². The maximum Gasteiger partial charge on any atom is 0.417 e.